The van der Waals surface area contributed by atoms with Crippen molar-refractivity contribution in [2.45, 2.75) is 79.1 Å². The number of fused-ring (bicyclic) bond motifs is 3. The highest BCUT2D eigenvalue weighted by atomic mass is 14.8. The van der Waals surface area contributed by atoms with Crippen molar-refractivity contribution in [3.63, 3.8) is 0 Å². The van der Waals surface area contributed by atoms with Gasteiger partial charge in [-0.1, -0.05) is 59.4 Å². The fourth-order valence-electron chi connectivity index (χ4n) is 4.22. The molecule has 0 radical (unpaired) electrons. The van der Waals surface area contributed by atoms with Crippen LogP contribution in [0.4, 0.5) is 0 Å². The van der Waals surface area contributed by atoms with Crippen molar-refractivity contribution < 1.29 is 0 Å². The maximum Gasteiger partial charge on any atom is 0.0973 e. The first kappa shape index (κ1) is 18.8. The Kier molecular flexibility index (Phi) is 6.24. The maximum atomic E-state index is 5.23. The number of aryl methyl sites for hydroxylation is 3. The minimum absolute atomic E-state index is 1.06. The monoisotopic (exact) mass is 348 g/mol. The van der Waals surface area contributed by atoms with Crippen molar-refractivity contribution in [1.82, 2.24) is 9.97 Å². The number of pyridine rings is 2. The lowest BCUT2D eigenvalue weighted by atomic mass is 9.88. The first-order valence-electron chi connectivity index (χ1n) is 10.5. The van der Waals surface area contributed by atoms with Crippen LogP contribution in [0.2, 0.25) is 0 Å². The number of benzene rings is 1. The third-order valence-electron chi connectivity index (χ3n) is 5.22. The van der Waals surface area contributed by atoms with E-state index >= 15 is 0 Å². The fraction of sp³-hybridized carbons (Fsp3) is 0.500. The molecule has 2 aromatic heterocycles. The Bertz CT molecular complexity index is 896. The Morgan fingerprint density at radius 2 is 1.46 bits per heavy atom. The van der Waals surface area contributed by atoms with E-state index in [-0.39, 0.29) is 0 Å². The summed E-state index contributed by atoms with van der Waals surface area (Å²) in [7, 11) is 0. The van der Waals surface area contributed by atoms with Crippen molar-refractivity contribution >= 4 is 21.8 Å². The van der Waals surface area contributed by atoms with Crippen molar-refractivity contribution in [3.8, 4) is 0 Å². The molecule has 0 saturated carbocycles. The normalized spacial score (nSPS) is 11.5. The predicted molar refractivity (Wildman–Crippen MR) is 113 cm³/mol. The van der Waals surface area contributed by atoms with Gasteiger partial charge in [0.2, 0.25) is 0 Å². The van der Waals surface area contributed by atoms with E-state index in [1.54, 1.807) is 5.56 Å². The Morgan fingerprint density at radius 3 is 2.15 bits per heavy atom. The fourth-order valence-corrected chi connectivity index (χ4v) is 4.22. The molecule has 138 valence electrons. The van der Waals surface area contributed by atoms with Gasteiger partial charge in [0.1, 0.15) is 0 Å². The van der Waals surface area contributed by atoms with Gasteiger partial charge in [-0.3, -0.25) is 9.97 Å². The lowest BCUT2D eigenvalue weighted by molar-refractivity contribution is 0.808. The van der Waals surface area contributed by atoms with E-state index in [0.717, 1.165) is 49.6 Å². The molecule has 0 saturated heterocycles. The Morgan fingerprint density at radius 1 is 0.769 bits per heavy atom. The average Bonchev–Trinajstić information content (AvgIpc) is 2.65. The van der Waals surface area contributed by atoms with E-state index in [2.05, 4.69) is 39.8 Å². The molecule has 2 nitrogen and oxygen atoms in total. The zero-order chi connectivity index (χ0) is 18.5. The summed E-state index contributed by atoms with van der Waals surface area (Å²) in [6.07, 6.45) is 11.0. The van der Waals surface area contributed by atoms with Gasteiger partial charge in [0, 0.05) is 22.7 Å². The second kappa shape index (κ2) is 8.62. The molecule has 2 heteroatoms. The molecule has 0 aliphatic carbocycles. The largest absolute Gasteiger partial charge is 0.254 e. The molecule has 1 aromatic carbocycles. The second-order valence-corrected chi connectivity index (χ2v) is 7.35. The van der Waals surface area contributed by atoms with Gasteiger partial charge in [0.25, 0.3) is 0 Å². The summed E-state index contributed by atoms with van der Waals surface area (Å²) in [4.78, 5) is 9.96. The molecule has 0 unspecified atom stereocenters. The van der Waals surface area contributed by atoms with Gasteiger partial charge in [0.15, 0.2) is 0 Å². The molecule has 0 aliphatic heterocycles. The van der Waals surface area contributed by atoms with Gasteiger partial charge in [-0.25, -0.2) is 0 Å². The standard InChI is InChI=1S/C24H32N2/c1-5-10-17-16-18-14-9-15-25-23(18)24-22(17)20(12-7-3)19(11-6-2)21(26-24)13-8-4/h9,14-16H,5-8,10-13H2,1-4H3. The molecular formula is C24H32N2. The molecule has 26 heavy (non-hydrogen) atoms. The van der Waals surface area contributed by atoms with E-state index < -0.39 is 0 Å². The number of rotatable bonds is 8. The van der Waals surface area contributed by atoms with Crippen molar-refractivity contribution in [3.05, 3.63) is 46.8 Å². The van der Waals surface area contributed by atoms with Crippen LogP contribution >= 0.6 is 0 Å². The summed E-state index contributed by atoms with van der Waals surface area (Å²) >= 11 is 0. The molecule has 2 heterocycles. The lowest BCUT2D eigenvalue weighted by Crippen LogP contribution is -2.07. The minimum Gasteiger partial charge on any atom is -0.254 e. The first-order valence-corrected chi connectivity index (χ1v) is 10.5. The summed E-state index contributed by atoms with van der Waals surface area (Å²) < 4.78 is 0. The van der Waals surface area contributed by atoms with E-state index in [1.165, 1.54) is 40.4 Å². The third-order valence-corrected chi connectivity index (χ3v) is 5.22. The van der Waals surface area contributed by atoms with Gasteiger partial charge < -0.3 is 0 Å². The molecule has 0 aliphatic rings. The van der Waals surface area contributed by atoms with Crippen LogP contribution in [0.1, 0.15) is 75.8 Å². The molecule has 0 N–H and O–H groups in total. The van der Waals surface area contributed by atoms with Gasteiger partial charge in [-0.15, -0.1) is 0 Å². The number of aromatic nitrogens is 2. The number of hydrogen-bond acceptors (Lipinski definition) is 2. The van der Waals surface area contributed by atoms with Crippen LogP contribution in [-0.4, -0.2) is 9.97 Å². The van der Waals surface area contributed by atoms with Crippen LogP contribution in [-0.2, 0) is 25.7 Å². The highest BCUT2D eigenvalue weighted by molar-refractivity contribution is 6.06. The first-order chi connectivity index (χ1) is 12.7. The molecule has 0 bridgehead atoms. The molecule has 3 aromatic rings. The number of nitrogens with zero attached hydrogens (tertiary/aromatic N) is 2. The van der Waals surface area contributed by atoms with Gasteiger partial charge in [-0.05, 0) is 54.5 Å². The quantitative estimate of drug-likeness (QED) is 0.429. The molecule has 0 atom stereocenters. The summed E-state index contributed by atoms with van der Waals surface area (Å²) in [5.41, 5.74) is 8.05. The molecule has 3 rings (SSSR count). The van der Waals surface area contributed by atoms with E-state index in [1.807, 2.05) is 12.3 Å². The molecular weight excluding hydrogens is 316 g/mol. The van der Waals surface area contributed by atoms with Gasteiger partial charge in [-0.2, -0.15) is 0 Å². The van der Waals surface area contributed by atoms with Gasteiger partial charge in [0.05, 0.1) is 11.0 Å². The number of hydrogen-bond donors (Lipinski definition) is 0. The third kappa shape index (κ3) is 3.47. The molecule has 0 spiro atoms. The van der Waals surface area contributed by atoms with Crippen LogP contribution in [0.3, 0.4) is 0 Å². The van der Waals surface area contributed by atoms with Crippen molar-refractivity contribution in [2.24, 2.45) is 0 Å². The Labute approximate surface area is 158 Å². The Hall–Kier alpha value is -1.96. The topological polar surface area (TPSA) is 25.8 Å². The van der Waals surface area contributed by atoms with Gasteiger partial charge >= 0.3 is 0 Å². The van der Waals surface area contributed by atoms with Crippen molar-refractivity contribution in [2.75, 3.05) is 0 Å². The van der Waals surface area contributed by atoms with Crippen LogP contribution in [0.15, 0.2) is 24.4 Å². The zero-order valence-electron chi connectivity index (χ0n) is 16.9. The predicted octanol–water partition coefficient (Wildman–Crippen LogP) is 6.59. The maximum absolute atomic E-state index is 5.23. The van der Waals surface area contributed by atoms with Crippen molar-refractivity contribution in [1.29, 1.82) is 0 Å². The van der Waals surface area contributed by atoms with Crippen LogP contribution in [0.25, 0.3) is 21.8 Å². The highest BCUT2D eigenvalue weighted by Crippen LogP contribution is 2.34. The molecule has 0 amide bonds. The van der Waals surface area contributed by atoms with E-state index in [4.69, 9.17) is 9.97 Å². The summed E-state index contributed by atoms with van der Waals surface area (Å²) in [6, 6.07) is 6.58. The smallest absolute Gasteiger partial charge is 0.0973 e. The minimum atomic E-state index is 1.06. The zero-order valence-corrected chi connectivity index (χ0v) is 16.9. The Balaban J connectivity index is 2.46. The van der Waals surface area contributed by atoms with Crippen LogP contribution in [0.5, 0.6) is 0 Å². The summed E-state index contributed by atoms with van der Waals surface area (Å²) in [6.45, 7) is 9.10. The summed E-state index contributed by atoms with van der Waals surface area (Å²) in [5, 5.41) is 2.63. The van der Waals surface area contributed by atoms with E-state index in [0.29, 0.717) is 0 Å². The summed E-state index contributed by atoms with van der Waals surface area (Å²) in [5.74, 6) is 0. The van der Waals surface area contributed by atoms with Crippen LogP contribution in [0, 0.1) is 0 Å². The average molecular weight is 349 g/mol. The van der Waals surface area contributed by atoms with E-state index in [9.17, 15) is 0 Å². The lowest BCUT2D eigenvalue weighted by Gasteiger charge is -2.20. The van der Waals surface area contributed by atoms with Crippen LogP contribution < -0.4 is 0 Å². The molecule has 0 fully saturated rings. The second-order valence-electron chi connectivity index (χ2n) is 7.35. The highest BCUT2D eigenvalue weighted by Gasteiger charge is 2.18. The SMILES string of the molecule is CCCc1nc2c(c(CCC)cc3cccnc32)c(CCC)c1CCC.